The van der Waals surface area contributed by atoms with Crippen molar-refractivity contribution in [3.05, 3.63) is 29.3 Å². The molecule has 0 fully saturated rings. The number of rotatable bonds is 8. The van der Waals surface area contributed by atoms with Crippen LogP contribution in [0.15, 0.2) is 18.2 Å². The summed E-state index contributed by atoms with van der Waals surface area (Å²) in [5, 5.41) is 9.96. The number of hydrogen-bond acceptors (Lipinski definition) is 1. The van der Waals surface area contributed by atoms with Crippen LogP contribution in [0.3, 0.4) is 0 Å². The van der Waals surface area contributed by atoms with E-state index in [2.05, 4.69) is 26.8 Å². The second-order valence-electron chi connectivity index (χ2n) is 5.66. The number of hydrogen-bond donors (Lipinski definition) is 1. The van der Waals surface area contributed by atoms with Gasteiger partial charge in [0.25, 0.3) is 0 Å². The molecule has 1 aromatic carbocycles. The van der Waals surface area contributed by atoms with Crippen molar-refractivity contribution in [1.82, 2.24) is 0 Å². The van der Waals surface area contributed by atoms with E-state index < -0.39 is 0 Å². The lowest BCUT2D eigenvalue weighted by Crippen LogP contribution is -1.96. The summed E-state index contributed by atoms with van der Waals surface area (Å²) in [7, 11) is 0. The van der Waals surface area contributed by atoms with Gasteiger partial charge in [-0.2, -0.15) is 0 Å². The van der Waals surface area contributed by atoms with E-state index in [1.54, 1.807) is 0 Å². The summed E-state index contributed by atoms with van der Waals surface area (Å²) in [6, 6.07) is 5.94. The maximum Gasteiger partial charge on any atom is 0.119 e. The first-order chi connectivity index (χ1) is 8.65. The first-order valence-electron chi connectivity index (χ1n) is 7.44. The highest BCUT2D eigenvalue weighted by atomic mass is 16.3. The lowest BCUT2D eigenvalue weighted by atomic mass is 9.96. The maximum atomic E-state index is 9.96. The second-order valence-corrected chi connectivity index (χ2v) is 5.66. The van der Waals surface area contributed by atoms with Gasteiger partial charge in [0.1, 0.15) is 5.75 Å². The molecule has 0 atom stereocenters. The third kappa shape index (κ3) is 5.12. The maximum absolute atomic E-state index is 9.96. The third-order valence-electron chi connectivity index (χ3n) is 3.48. The number of benzene rings is 1. The van der Waals surface area contributed by atoms with Gasteiger partial charge in [0.2, 0.25) is 0 Å². The molecule has 0 aliphatic heterocycles. The fraction of sp³-hybridized carbons (Fsp3) is 0.647. The Morgan fingerprint density at radius 1 is 1.06 bits per heavy atom. The van der Waals surface area contributed by atoms with Crippen molar-refractivity contribution in [2.24, 2.45) is 5.92 Å². The zero-order chi connectivity index (χ0) is 13.4. The molecule has 1 aromatic rings. The number of aromatic hydroxyl groups is 1. The van der Waals surface area contributed by atoms with Gasteiger partial charge in [0.05, 0.1) is 0 Å². The standard InChI is InChI=1S/C17H28O/c1-4-9-15-11-8-13-17(18)16(15)12-7-5-6-10-14(2)3/h8,11,13-14,18H,4-7,9-10,12H2,1-3H3. The predicted octanol–water partition coefficient (Wildman–Crippen LogP) is 5.10. The van der Waals surface area contributed by atoms with Gasteiger partial charge in [-0.25, -0.2) is 0 Å². The molecule has 0 saturated carbocycles. The highest BCUT2D eigenvalue weighted by molar-refractivity contribution is 5.39. The molecule has 0 spiro atoms. The molecular formula is C17H28O. The zero-order valence-corrected chi connectivity index (χ0v) is 12.2. The van der Waals surface area contributed by atoms with Gasteiger partial charge in [-0.3, -0.25) is 0 Å². The minimum absolute atomic E-state index is 0.491. The first kappa shape index (κ1) is 15.1. The van der Waals surface area contributed by atoms with Crippen LogP contribution < -0.4 is 0 Å². The summed E-state index contributed by atoms with van der Waals surface area (Å²) in [5.74, 6) is 1.30. The highest BCUT2D eigenvalue weighted by Gasteiger charge is 2.06. The van der Waals surface area contributed by atoms with Gasteiger partial charge >= 0.3 is 0 Å². The Bertz CT molecular complexity index is 341. The molecule has 0 bridgehead atoms. The summed E-state index contributed by atoms with van der Waals surface area (Å²) in [5.41, 5.74) is 2.52. The Labute approximate surface area is 112 Å². The first-order valence-corrected chi connectivity index (χ1v) is 7.44. The summed E-state index contributed by atoms with van der Waals surface area (Å²) >= 11 is 0. The number of aryl methyl sites for hydroxylation is 1. The van der Waals surface area contributed by atoms with Crippen LogP contribution in [0.25, 0.3) is 0 Å². The van der Waals surface area contributed by atoms with E-state index in [9.17, 15) is 5.11 Å². The summed E-state index contributed by atoms with van der Waals surface area (Å²) in [6.07, 6.45) is 8.36. The molecule has 0 aliphatic carbocycles. The molecule has 0 aliphatic rings. The topological polar surface area (TPSA) is 20.2 Å². The van der Waals surface area contributed by atoms with Gasteiger partial charge in [-0.05, 0) is 42.4 Å². The van der Waals surface area contributed by atoms with Crippen LogP contribution in [0.4, 0.5) is 0 Å². The van der Waals surface area contributed by atoms with Crippen LogP contribution in [0.1, 0.15) is 64.0 Å². The molecule has 0 unspecified atom stereocenters. The van der Waals surface area contributed by atoms with Gasteiger partial charge in [-0.15, -0.1) is 0 Å². The molecule has 102 valence electrons. The van der Waals surface area contributed by atoms with E-state index >= 15 is 0 Å². The molecule has 1 rings (SSSR count). The Morgan fingerprint density at radius 3 is 2.50 bits per heavy atom. The highest BCUT2D eigenvalue weighted by Crippen LogP contribution is 2.24. The quantitative estimate of drug-likeness (QED) is 0.634. The molecule has 0 aromatic heterocycles. The normalized spacial score (nSPS) is 11.1. The molecule has 0 saturated heterocycles. The Kier molecular flexibility index (Phi) is 6.85. The summed E-state index contributed by atoms with van der Waals surface area (Å²) in [6.45, 7) is 6.75. The van der Waals surface area contributed by atoms with Crippen molar-refractivity contribution in [3.8, 4) is 5.75 Å². The molecule has 1 N–H and O–H groups in total. The van der Waals surface area contributed by atoms with Crippen LogP contribution in [0.2, 0.25) is 0 Å². The second kappa shape index (κ2) is 8.18. The molecule has 0 amide bonds. The average Bonchev–Trinajstić information content (AvgIpc) is 2.32. The van der Waals surface area contributed by atoms with Crippen molar-refractivity contribution < 1.29 is 5.11 Å². The fourth-order valence-electron chi connectivity index (χ4n) is 2.44. The third-order valence-corrected chi connectivity index (χ3v) is 3.48. The average molecular weight is 248 g/mol. The largest absolute Gasteiger partial charge is 0.508 e. The van der Waals surface area contributed by atoms with Gasteiger partial charge in [0.15, 0.2) is 0 Å². The predicted molar refractivity (Wildman–Crippen MR) is 79.1 cm³/mol. The van der Waals surface area contributed by atoms with E-state index in [-0.39, 0.29) is 0 Å². The number of unbranched alkanes of at least 4 members (excludes halogenated alkanes) is 2. The lowest BCUT2D eigenvalue weighted by Gasteiger charge is -2.11. The van der Waals surface area contributed by atoms with Gasteiger partial charge in [0, 0.05) is 0 Å². The van der Waals surface area contributed by atoms with Crippen molar-refractivity contribution in [3.63, 3.8) is 0 Å². The SMILES string of the molecule is CCCc1cccc(O)c1CCCCCC(C)C. The van der Waals surface area contributed by atoms with E-state index in [0.29, 0.717) is 5.75 Å². The van der Waals surface area contributed by atoms with Crippen molar-refractivity contribution in [2.75, 3.05) is 0 Å². The molecule has 18 heavy (non-hydrogen) atoms. The Balaban J connectivity index is 2.45. The lowest BCUT2D eigenvalue weighted by molar-refractivity contribution is 0.463. The van der Waals surface area contributed by atoms with Crippen LogP contribution in [0.5, 0.6) is 5.75 Å². The smallest absolute Gasteiger partial charge is 0.119 e. The number of phenolic OH excluding ortho intramolecular Hbond substituents is 1. The van der Waals surface area contributed by atoms with Crippen LogP contribution >= 0.6 is 0 Å². The molecule has 0 radical (unpaired) electrons. The summed E-state index contributed by atoms with van der Waals surface area (Å²) in [4.78, 5) is 0. The van der Waals surface area contributed by atoms with Crippen LogP contribution in [0, 0.1) is 5.92 Å². The Morgan fingerprint density at radius 2 is 1.83 bits per heavy atom. The minimum Gasteiger partial charge on any atom is -0.508 e. The van der Waals surface area contributed by atoms with Crippen LogP contribution in [-0.2, 0) is 12.8 Å². The summed E-state index contributed by atoms with van der Waals surface area (Å²) < 4.78 is 0. The zero-order valence-electron chi connectivity index (χ0n) is 12.2. The number of phenols is 1. The van der Waals surface area contributed by atoms with Gasteiger partial charge in [-0.1, -0.05) is 58.6 Å². The molecule has 1 heteroatoms. The minimum atomic E-state index is 0.491. The van der Waals surface area contributed by atoms with E-state index in [0.717, 1.165) is 25.2 Å². The monoisotopic (exact) mass is 248 g/mol. The Hall–Kier alpha value is -0.980. The van der Waals surface area contributed by atoms with Crippen molar-refractivity contribution in [1.29, 1.82) is 0 Å². The molecule has 1 nitrogen and oxygen atoms in total. The van der Waals surface area contributed by atoms with Crippen molar-refractivity contribution in [2.45, 2.75) is 65.7 Å². The van der Waals surface area contributed by atoms with Gasteiger partial charge < -0.3 is 5.11 Å². The fourth-order valence-corrected chi connectivity index (χ4v) is 2.44. The van der Waals surface area contributed by atoms with E-state index in [4.69, 9.17) is 0 Å². The van der Waals surface area contributed by atoms with E-state index in [1.807, 2.05) is 12.1 Å². The van der Waals surface area contributed by atoms with E-state index in [1.165, 1.54) is 36.8 Å². The van der Waals surface area contributed by atoms with Crippen LogP contribution in [-0.4, -0.2) is 5.11 Å². The molecule has 0 heterocycles. The van der Waals surface area contributed by atoms with Crippen molar-refractivity contribution >= 4 is 0 Å². The molecular weight excluding hydrogens is 220 g/mol.